The Hall–Kier alpha value is -2.11. The number of methoxy groups -OCH3 is 1. The maximum atomic E-state index is 13.1. The minimum absolute atomic E-state index is 0.0921. The Morgan fingerprint density at radius 3 is 2.83 bits per heavy atom. The van der Waals surface area contributed by atoms with E-state index in [4.69, 9.17) is 4.74 Å². The third-order valence-corrected chi connectivity index (χ3v) is 2.75. The van der Waals surface area contributed by atoms with Gasteiger partial charge in [0.25, 0.3) is 0 Å². The first-order valence-electron chi connectivity index (χ1n) is 5.47. The van der Waals surface area contributed by atoms with Crippen LogP contribution in [0, 0.1) is 5.82 Å². The molecule has 96 valence electrons. The summed E-state index contributed by atoms with van der Waals surface area (Å²) < 4.78 is 18.1. The Labute approximate surface area is 104 Å². The number of nitrogens with one attached hydrogen (secondary N) is 1. The third kappa shape index (κ3) is 2.13. The molecule has 1 unspecified atom stereocenters. The van der Waals surface area contributed by atoms with Crippen molar-refractivity contribution in [1.82, 2.24) is 5.32 Å². The summed E-state index contributed by atoms with van der Waals surface area (Å²) in [6, 6.07) is 3.24. The number of carbonyl (C=O) groups is 2. The second kappa shape index (κ2) is 4.64. The van der Waals surface area contributed by atoms with Crippen molar-refractivity contribution in [3.8, 4) is 5.75 Å². The molecule has 1 N–H and O–H groups in total. The second-order valence-corrected chi connectivity index (χ2v) is 4.03. The summed E-state index contributed by atoms with van der Waals surface area (Å²) >= 11 is 0. The standard InChI is InChI=1S/C12H13FN2O3/c1-7-12(17)15(6-11(16)14-7)9-4-3-8(13)5-10(9)18-2/h3-5,7H,6H2,1-2H3,(H,14,16). The van der Waals surface area contributed by atoms with Crippen molar-refractivity contribution in [2.24, 2.45) is 0 Å². The molecule has 1 saturated heterocycles. The lowest BCUT2D eigenvalue weighted by molar-refractivity contribution is -0.130. The highest BCUT2D eigenvalue weighted by Gasteiger charge is 2.32. The number of rotatable bonds is 2. The number of halogens is 1. The first-order valence-corrected chi connectivity index (χ1v) is 5.47. The summed E-state index contributed by atoms with van der Waals surface area (Å²) in [4.78, 5) is 24.7. The van der Waals surface area contributed by atoms with Gasteiger partial charge in [-0.25, -0.2) is 4.39 Å². The van der Waals surface area contributed by atoms with Crippen LogP contribution >= 0.6 is 0 Å². The summed E-state index contributed by atoms with van der Waals surface area (Å²) in [6.45, 7) is 1.51. The first-order chi connectivity index (χ1) is 8.52. The fourth-order valence-electron chi connectivity index (χ4n) is 1.88. The fraction of sp³-hybridized carbons (Fsp3) is 0.333. The molecule has 6 heteroatoms. The number of ether oxygens (including phenoxy) is 1. The molecule has 1 atom stereocenters. The Bertz CT molecular complexity index is 504. The van der Waals surface area contributed by atoms with Crippen molar-refractivity contribution in [2.45, 2.75) is 13.0 Å². The molecule has 1 heterocycles. The lowest BCUT2D eigenvalue weighted by Gasteiger charge is -2.31. The van der Waals surface area contributed by atoms with Crippen LogP contribution in [0.2, 0.25) is 0 Å². The highest BCUT2D eigenvalue weighted by molar-refractivity contribution is 6.07. The molecule has 2 amide bonds. The van der Waals surface area contributed by atoms with Crippen molar-refractivity contribution >= 4 is 17.5 Å². The van der Waals surface area contributed by atoms with E-state index >= 15 is 0 Å². The van der Waals surface area contributed by atoms with Gasteiger partial charge in [0.1, 0.15) is 24.2 Å². The van der Waals surface area contributed by atoms with Crippen molar-refractivity contribution in [2.75, 3.05) is 18.6 Å². The lowest BCUT2D eigenvalue weighted by atomic mass is 10.1. The number of hydrogen-bond donors (Lipinski definition) is 1. The number of piperazine rings is 1. The topological polar surface area (TPSA) is 58.6 Å². The van der Waals surface area contributed by atoms with Crippen molar-refractivity contribution in [3.05, 3.63) is 24.0 Å². The van der Waals surface area contributed by atoms with Gasteiger partial charge in [-0.1, -0.05) is 0 Å². The van der Waals surface area contributed by atoms with Gasteiger partial charge in [-0.3, -0.25) is 14.5 Å². The summed E-state index contributed by atoms with van der Waals surface area (Å²) in [5.74, 6) is -0.740. The van der Waals surface area contributed by atoms with Crippen LogP contribution in [0.15, 0.2) is 18.2 Å². The number of nitrogens with zero attached hydrogens (tertiary/aromatic N) is 1. The predicted octanol–water partition coefficient (Wildman–Crippen LogP) is 0.686. The molecule has 2 rings (SSSR count). The zero-order chi connectivity index (χ0) is 13.3. The van der Waals surface area contributed by atoms with E-state index in [1.54, 1.807) is 6.92 Å². The van der Waals surface area contributed by atoms with E-state index in [2.05, 4.69) is 5.32 Å². The Balaban J connectivity index is 2.41. The van der Waals surface area contributed by atoms with Crippen LogP contribution in [-0.2, 0) is 9.59 Å². The highest BCUT2D eigenvalue weighted by atomic mass is 19.1. The molecule has 1 aliphatic rings. The third-order valence-electron chi connectivity index (χ3n) is 2.75. The summed E-state index contributed by atoms with van der Waals surface area (Å²) in [7, 11) is 1.39. The predicted molar refractivity (Wildman–Crippen MR) is 62.9 cm³/mol. The molecule has 0 aliphatic carbocycles. The zero-order valence-corrected chi connectivity index (χ0v) is 10.1. The first kappa shape index (κ1) is 12.3. The molecule has 1 aromatic rings. The van der Waals surface area contributed by atoms with Gasteiger partial charge >= 0.3 is 0 Å². The maximum absolute atomic E-state index is 13.1. The molecule has 1 aromatic carbocycles. The summed E-state index contributed by atoms with van der Waals surface area (Å²) in [6.07, 6.45) is 0. The van der Waals surface area contributed by atoms with Crippen LogP contribution in [0.5, 0.6) is 5.75 Å². The van der Waals surface area contributed by atoms with Gasteiger partial charge in [-0.2, -0.15) is 0 Å². The highest BCUT2D eigenvalue weighted by Crippen LogP contribution is 2.30. The van der Waals surface area contributed by atoms with Gasteiger partial charge in [0, 0.05) is 6.07 Å². The molecule has 18 heavy (non-hydrogen) atoms. The molecule has 0 spiro atoms. The maximum Gasteiger partial charge on any atom is 0.249 e. The lowest BCUT2D eigenvalue weighted by Crippen LogP contribution is -2.57. The van der Waals surface area contributed by atoms with Crippen LogP contribution in [0.1, 0.15) is 6.92 Å². The van der Waals surface area contributed by atoms with Crippen molar-refractivity contribution < 1.29 is 18.7 Å². The molecule has 1 fully saturated rings. The van der Waals surface area contributed by atoms with Crippen LogP contribution in [0.25, 0.3) is 0 Å². The summed E-state index contributed by atoms with van der Waals surface area (Å²) in [5.41, 5.74) is 0.394. The van der Waals surface area contributed by atoms with Crippen LogP contribution in [0.4, 0.5) is 10.1 Å². The van der Waals surface area contributed by atoms with Gasteiger partial charge < -0.3 is 10.1 Å². The number of anilines is 1. The monoisotopic (exact) mass is 252 g/mol. The molecular formula is C12H13FN2O3. The Kier molecular flexibility index (Phi) is 3.18. The van der Waals surface area contributed by atoms with Crippen molar-refractivity contribution in [1.29, 1.82) is 0 Å². The van der Waals surface area contributed by atoms with E-state index in [0.29, 0.717) is 5.69 Å². The Morgan fingerprint density at radius 1 is 1.44 bits per heavy atom. The smallest absolute Gasteiger partial charge is 0.249 e. The summed E-state index contributed by atoms with van der Waals surface area (Å²) in [5, 5.41) is 2.53. The number of benzene rings is 1. The number of hydrogen-bond acceptors (Lipinski definition) is 3. The molecule has 0 saturated carbocycles. The minimum Gasteiger partial charge on any atom is -0.494 e. The second-order valence-electron chi connectivity index (χ2n) is 4.03. The van der Waals surface area contributed by atoms with Crippen LogP contribution in [0.3, 0.4) is 0 Å². The quantitative estimate of drug-likeness (QED) is 0.842. The fourth-order valence-corrected chi connectivity index (χ4v) is 1.88. The molecule has 0 aromatic heterocycles. The Morgan fingerprint density at radius 2 is 2.17 bits per heavy atom. The minimum atomic E-state index is -0.596. The number of carbonyl (C=O) groups excluding carboxylic acids is 2. The van der Waals surface area contributed by atoms with Gasteiger partial charge in [0.05, 0.1) is 12.8 Å². The van der Waals surface area contributed by atoms with Crippen molar-refractivity contribution in [3.63, 3.8) is 0 Å². The van der Waals surface area contributed by atoms with Gasteiger partial charge in [-0.15, -0.1) is 0 Å². The largest absolute Gasteiger partial charge is 0.494 e. The average Bonchev–Trinajstić information content (AvgIpc) is 2.34. The van der Waals surface area contributed by atoms with Gasteiger partial charge in [0.15, 0.2) is 0 Å². The van der Waals surface area contributed by atoms with E-state index < -0.39 is 11.9 Å². The van der Waals surface area contributed by atoms with E-state index in [1.165, 1.54) is 30.2 Å². The van der Waals surface area contributed by atoms with Gasteiger partial charge in [0.2, 0.25) is 11.8 Å². The average molecular weight is 252 g/mol. The van der Waals surface area contributed by atoms with E-state index in [-0.39, 0.29) is 24.1 Å². The zero-order valence-electron chi connectivity index (χ0n) is 10.1. The molecule has 5 nitrogen and oxygen atoms in total. The van der Waals surface area contributed by atoms with E-state index in [1.807, 2.05) is 0 Å². The molecule has 0 radical (unpaired) electrons. The molecule has 1 aliphatic heterocycles. The normalized spacial score (nSPS) is 19.7. The van der Waals surface area contributed by atoms with E-state index in [9.17, 15) is 14.0 Å². The number of amides is 2. The van der Waals surface area contributed by atoms with Crippen LogP contribution < -0.4 is 15.0 Å². The molecule has 0 bridgehead atoms. The van der Waals surface area contributed by atoms with Gasteiger partial charge in [-0.05, 0) is 19.1 Å². The molecular weight excluding hydrogens is 239 g/mol. The van der Waals surface area contributed by atoms with Crippen LogP contribution in [-0.4, -0.2) is 31.5 Å². The SMILES string of the molecule is COc1cc(F)ccc1N1CC(=O)NC(C)C1=O. The van der Waals surface area contributed by atoms with E-state index in [0.717, 1.165) is 0 Å².